The highest BCUT2D eigenvalue weighted by Gasteiger charge is 2.06. The molecule has 0 aliphatic heterocycles. The van der Waals surface area contributed by atoms with Crippen molar-refractivity contribution >= 4 is 11.6 Å². The van der Waals surface area contributed by atoms with Crippen LogP contribution in [0, 0.1) is 0 Å². The van der Waals surface area contributed by atoms with Crippen molar-refractivity contribution in [2.75, 3.05) is 5.32 Å². The summed E-state index contributed by atoms with van der Waals surface area (Å²) in [6.45, 7) is 0. The molecule has 0 fully saturated rings. The number of aryl methyl sites for hydroxylation is 1. The van der Waals surface area contributed by atoms with Crippen LogP contribution in [0.4, 0.5) is 5.69 Å². The number of anilines is 1. The van der Waals surface area contributed by atoms with E-state index in [0.29, 0.717) is 5.69 Å². The molecule has 1 N–H and O–H groups in total. The minimum Gasteiger partial charge on any atom is -0.355 e. The Morgan fingerprint density at radius 1 is 1.47 bits per heavy atom. The number of rotatable bonds is 2. The van der Waals surface area contributed by atoms with Crippen molar-refractivity contribution in [3.63, 3.8) is 0 Å². The van der Waals surface area contributed by atoms with Gasteiger partial charge in [0.25, 0.3) is 5.91 Å². The number of carbonyl (C=O) groups is 1. The maximum atomic E-state index is 11.6. The third kappa shape index (κ3) is 2.19. The van der Waals surface area contributed by atoms with Crippen molar-refractivity contribution in [1.82, 2.24) is 14.5 Å². The molecule has 0 unspecified atom stereocenters. The van der Waals surface area contributed by atoms with Gasteiger partial charge in [-0.15, -0.1) is 0 Å². The summed E-state index contributed by atoms with van der Waals surface area (Å²) in [5.41, 5.74) is 1.11. The van der Waals surface area contributed by atoms with E-state index in [-0.39, 0.29) is 5.91 Å². The second-order valence-corrected chi connectivity index (χ2v) is 3.11. The third-order valence-corrected chi connectivity index (χ3v) is 1.90. The molecule has 5 heteroatoms. The molecule has 0 aromatic carbocycles. The van der Waals surface area contributed by atoms with E-state index in [2.05, 4.69) is 15.3 Å². The van der Waals surface area contributed by atoms with Crippen LogP contribution in [0.2, 0.25) is 0 Å². The Morgan fingerprint density at radius 3 is 2.93 bits per heavy atom. The van der Waals surface area contributed by atoms with E-state index in [4.69, 9.17) is 0 Å². The van der Waals surface area contributed by atoms with Gasteiger partial charge in [-0.05, 0) is 12.1 Å². The number of nitrogens with one attached hydrogen (secondary N) is 1. The number of aromatic nitrogens is 3. The van der Waals surface area contributed by atoms with Crippen LogP contribution in [0.25, 0.3) is 0 Å². The molecule has 5 nitrogen and oxygen atoms in total. The summed E-state index contributed by atoms with van der Waals surface area (Å²) < 4.78 is 1.86. The highest BCUT2D eigenvalue weighted by atomic mass is 16.1. The van der Waals surface area contributed by atoms with Crippen molar-refractivity contribution in [2.24, 2.45) is 7.05 Å². The Kier molecular flexibility index (Phi) is 2.45. The largest absolute Gasteiger partial charge is 0.355 e. The lowest BCUT2D eigenvalue weighted by molar-refractivity contribution is 0.102. The van der Waals surface area contributed by atoms with E-state index in [1.54, 1.807) is 6.07 Å². The molecule has 2 aromatic rings. The smallest absolute Gasteiger partial charge is 0.274 e. The summed E-state index contributed by atoms with van der Waals surface area (Å²) >= 11 is 0. The van der Waals surface area contributed by atoms with Crippen LogP contribution in [-0.2, 0) is 7.05 Å². The van der Waals surface area contributed by atoms with Crippen molar-refractivity contribution in [3.8, 4) is 0 Å². The lowest BCUT2D eigenvalue weighted by Gasteiger charge is -2.00. The maximum Gasteiger partial charge on any atom is 0.274 e. The van der Waals surface area contributed by atoms with Crippen molar-refractivity contribution < 1.29 is 4.79 Å². The molecule has 2 aromatic heterocycles. The summed E-state index contributed by atoms with van der Waals surface area (Å²) in [5, 5.41) is 2.73. The molecular formula is C10H10N4O. The average molecular weight is 202 g/mol. The van der Waals surface area contributed by atoms with Crippen LogP contribution >= 0.6 is 0 Å². The van der Waals surface area contributed by atoms with Gasteiger partial charge in [0.1, 0.15) is 12.0 Å². The minimum atomic E-state index is -0.233. The van der Waals surface area contributed by atoms with Gasteiger partial charge in [0.05, 0.1) is 5.69 Å². The van der Waals surface area contributed by atoms with Crippen molar-refractivity contribution in [1.29, 1.82) is 0 Å². The molecule has 0 aliphatic carbocycles. The van der Waals surface area contributed by atoms with Gasteiger partial charge in [-0.3, -0.25) is 4.79 Å². The Bertz CT molecular complexity index is 463. The molecular weight excluding hydrogens is 192 g/mol. The first-order valence-electron chi connectivity index (χ1n) is 4.45. The summed E-state index contributed by atoms with van der Waals surface area (Å²) in [6, 6.07) is 3.39. The second kappa shape index (κ2) is 3.91. The van der Waals surface area contributed by atoms with E-state index in [1.807, 2.05) is 30.1 Å². The summed E-state index contributed by atoms with van der Waals surface area (Å²) in [4.78, 5) is 19.2. The lowest BCUT2D eigenvalue weighted by Crippen LogP contribution is -2.13. The molecule has 0 spiro atoms. The van der Waals surface area contributed by atoms with E-state index >= 15 is 0 Å². The summed E-state index contributed by atoms with van der Waals surface area (Å²) in [7, 11) is 1.89. The molecule has 76 valence electrons. The van der Waals surface area contributed by atoms with Crippen molar-refractivity contribution in [3.05, 3.63) is 42.7 Å². The lowest BCUT2D eigenvalue weighted by atomic mass is 10.3. The molecule has 15 heavy (non-hydrogen) atoms. The Morgan fingerprint density at radius 2 is 2.33 bits per heavy atom. The van der Waals surface area contributed by atoms with Gasteiger partial charge in [0.2, 0.25) is 0 Å². The standard InChI is InChI=1S/C10H10N4O/c1-14-5-3-8(6-14)13-10(15)9-2-4-11-7-12-9/h2-7H,1H3,(H,13,15). The Labute approximate surface area is 86.8 Å². The van der Waals surface area contributed by atoms with Gasteiger partial charge in [-0.2, -0.15) is 0 Å². The zero-order valence-electron chi connectivity index (χ0n) is 8.21. The molecule has 0 bridgehead atoms. The zero-order valence-corrected chi connectivity index (χ0v) is 8.21. The fraction of sp³-hybridized carbons (Fsp3) is 0.100. The van der Waals surface area contributed by atoms with Crippen LogP contribution in [0.15, 0.2) is 37.1 Å². The van der Waals surface area contributed by atoms with Crippen LogP contribution in [0.3, 0.4) is 0 Å². The third-order valence-electron chi connectivity index (χ3n) is 1.90. The Balaban J connectivity index is 2.11. The number of amides is 1. The predicted molar refractivity (Wildman–Crippen MR) is 55.4 cm³/mol. The first kappa shape index (κ1) is 9.39. The first-order chi connectivity index (χ1) is 7.25. The van der Waals surface area contributed by atoms with Crippen molar-refractivity contribution in [2.45, 2.75) is 0 Å². The van der Waals surface area contributed by atoms with E-state index in [0.717, 1.165) is 5.69 Å². The van der Waals surface area contributed by atoms with Gasteiger partial charge in [0.15, 0.2) is 0 Å². The number of hydrogen-bond donors (Lipinski definition) is 1. The highest BCUT2D eigenvalue weighted by molar-refractivity contribution is 6.02. The number of carbonyl (C=O) groups excluding carboxylic acids is 1. The number of hydrogen-bond acceptors (Lipinski definition) is 3. The molecule has 0 aliphatic rings. The molecule has 0 saturated carbocycles. The molecule has 0 saturated heterocycles. The van der Waals surface area contributed by atoms with Crippen LogP contribution < -0.4 is 5.32 Å². The van der Waals surface area contributed by atoms with E-state index in [1.165, 1.54) is 12.5 Å². The maximum absolute atomic E-state index is 11.6. The summed E-state index contributed by atoms with van der Waals surface area (Å²) in [6.07, 6.45) is 6.56. The molecule has 1 amide bonds. The van der Waals surface area contributed by atoms with E-state index in [9.17, 15) is 4.79 Å². The van der Waals surface area contributed by atoms with Crippen LogP contribution in [0.1, 0.15) is 10.5 Å². The minimum absolute atomic E-state index is 0.233. The second-order valence-electron chi connectivity index (χ2n) is 3.11. The van der Waals surface area contributed by atoms with Gasteiger partial charge in [0, 0.05) is 25.6 Å². The zero-order chi connectivity index (χ0) is 10.7. The molecule has 0 atom stereocenters. The fourth-order valence-corrected chi connectivity index (χ4v) is 1.20. The van der Waals surface area contributed by atoms with Gasteiger partial charge >= 0.3 is 0 Å². The quantitative estimate of drug-likeness (QED) is 0.792. The van der Waals surface area contributed by atoms with Gasteiger partial charge in [-0.1, -0.05) is 0 Å². The fourth-order valence-electron chi connectivity index (χ4n) is 1.20. The molecule has 0 radical (unpaired) electrons. The Hall–Kier alpha value is -2.17. The number of nitrogens with zero attached hydrogens (tertiary/aromatic N) is 3. The average Bonchev–Trinajstić information content (AvgIpc) is 2.65. The SMILES string of the molecule is Cn1ccc(NC(=O)c2ccncn2)c1. The topological polar surface area (TPSA) is 59.8 Å². The predicted octanol–water partition coefficient (Wildman–Crippen LogP) is 1.07. The monoisotopic (exact) mass is 202 g/mol. The first-order valence-corrected chi connectivity index (χ1v) is 4.45. The van der Waals surface area contributed by atoms with Gasteiger partial charge < -0.3 is 9.88 Å². The van der Waals surface area contributed by atoms with E-state index < -0.39 is 0 Å². The van der Waals surface area contributed by atoms with Crippen LogP contribution in [0.5, 0.6) is 0 Å². The highest BCUT2D eigenvalue weighted by Crippen LogP contribution is 2.07. The van der Waals surface area contributed by atoms with Gasteiger partial charge in [-0.25, -0.2) is 9.97 Å². The summed E-state index contributed by atoms with van der Waals surface area (Å²) in [5.74, 6) is -0.233. The van der Waals surface area contributed by atoms with Crippen LogP contribution in [-0.4, -0.2) is 20.4 Å². The molecule has 2 rings (SSSR count). The normalized spacial score (nSPS) is 9.93. The molecule has 2 heterocycles.